The molecule has 0 aliphatic carbocycles. The van der Waals surface area contributed by atoms with E-state index in [0.29, 0.717) is 12.1 Å². The minimum absolute atomic E-state index is 0.348. The Morgan fingerprint density at radius 1 is 1.42 bits per heavy atom. The molecule has 0 aromatic heterocycles. The van der Waals surface area contributed by atoms with Crippen molar-refractivity contribution in [3.8, 4) is 6.07 Å². The lowest BCUT2D eigenvalue weighted by atomic mass is 10.1. The monoisotopic (exact) mass is 159 g/mol. The van der Waals surface area contributed by atoms with E-state index in [4.69, 9.17) is 11.1 Å². The van der Waals surface area contributed by atoms with E-state index in [1.165, 1.54) is 0 Å². The maximum Gasteiger partial charge on any atom is 0.141 e. The van der Waals surface area contributed by atoms with Gasteiger partial charge in [-0.25, -0.2) is 0 Å². The van der Waals surface area contributed by atoms with Gasteiger partial charge in [-0.2, -0.15) is 10.4 Å². The van der Waals surface area contributed by atoms with Crippen molar-refractivity contribution >= 4 is 5.71 Å². The number of nitrogens with two attached hydrogens (primary N) is 1. The first kappa shape index (κ1) is 8.28. The summed E-state index contributed by atoms with van der Waals surface area (Å²) in [6, 6.07) is 11.6. The predicted molar refractivity (Wildman–Crippen MR) is 47.4 cm³/mol. The van der Waals surface area contributed by atoms with E-state index in [9.17, 15) is 0 Å². The highest BCUT2D eigenvalue weighted by molar-refractivity contribution is 5.99. The van der Waals surface area contributed by atoms with Crippen molar-refractivity contribution in [1.82, 2.24) is 0 Å². The van der Waals surface area contributed by atoms with Gasteiger partial charge in [0.25, 0.3) is 0 Å². The van der Waals surface area contributed by atoms with Crippen LogP contribution in [0.25, 0.3) is 0 Å². The largest absolute Gasteiger partial charge is 0.322 e. The molecule has 0 heterocycles. The first-order valence-corrected chi connectivity index (χ1v) is 3.57. The highest BCUT2D eigenvalue weighted by Crippen LogP contribution is 1.99. The summed E-state index contributed by atoms with van der Waals surface area (Å²) in [7, 11) is 0. The highest BCUT2D eigenvalue weighted by atomic mass is 15.1. The summed E-state index contributed by atoms with van der Waals surface area (Å²) >= 11 is 0. The number of benzene rings is 1. The van der Waals surface area contributed by atoms with Gasteiger partial charge in [0.05, 0.1) is 0 Å². The highest BCUT2D eigenvalue weighted by Gasteiger charge is 1.97. The Bertz CT molecular complexity index is 308. The fourth-order valence-electron chi connectivity index (χ4n) is 0.903. The predicted octanol–water partition coefficient (Wildman–Crippen LogP) is 1.07. The van der Waals surface area contributed by atoms with E-state index in [1.54, 1.807) is 0 Å². The second-order valence-corrected chi connectivity index (χ2v) is 2.35. The van der Waals surface area contributed by atoms with Crippen LogP contribution < -0.4 is 5.84 Å². The van der Waals surface area contributed by atoms with Crippen LogP contribution in [-0.2, 0) is 6.42 Å². The van der Waals surface area contributed by atoms with E-state index >= 15 is 0 Å². The van der Waals surface area contributed by atoms with Crippen LogP contribution in [0.15, 0.2) is 35.4 Å². The first-order valence-electron chi connectivity index (χ1n) is 3.57. The molecule has 60 valence electrons. The van der Waals surface area contributed by atoms with Crippen LogP contribution in [-0.4, -0.2) is 5.71 Å². The van der Waals surface area contributed by atoms with Gasteiger partial charge in [0, 0.05) is 6.42 Å². The molecule has 3 heteroatoms. The minimum Gasteiger partial charge on any atom is -0.322 e. The number of hydrazone groups is 1. The lowest BCUT2D eigenvalue weighted by Crippen LogP contribution is -2.02. The molecule has 0 spiro atoms. The van der Waals surface area contributed by atoms with Crippen molar-refractivity contribution in [1.29, 1.82) is 5.26 Å². The molecular formula is C9H9N3. The lowest BCUT2D eigenvalue weighted by molar-refractivity contribution is 1.20. The third-order valence-corrected chi connectivity index (χ3v) is 1.50. The molecule has 0 amide bonds. The molecule has 0 bridgehead atoms. The molecule has 1 aromatic carbocycles. The molecule has 0 fully saturated rings. The molecule has 0 saturated heterocycles. The summed E-state index contributed by atoms with van der Waals surface area (Å²) in [6.45, 7) is 0. The Hall–Kier alpha value is -1.82. The zero-order chi connectivity index (χ0) is 8.81. The van der Waals surface area contributed by atoms with Crippen molar-refractivity contribution in [3.63, 3.8) is 0 Å². The van der Waals surface area contributed by atoms with Crippen molar-refractivity contribution in [3.05, 3.63) is 35.9 Å². The van der Waals surface area contributed by atoms with Crippen molar-refractivity contribution in [2.45, 2.75) is 6.42 Å². The second kappa shape index (κ2) is 4.14. The van der Waals surface area contributed by atoms with Crippen LogP contribution in [0, 0.1) is 11.3 Å². The fourth-order valence-corrected chi connectivity index (χ4v) is 0.903. The fraction of sp³-hybridized carbons (Fsp3) is 0.111. The molecule has 0 aliphatic heterocycles. The van der Waals surface area contributed by atoms with Gasteiger partial charge in [0.2, 0.25) is 0 Å². The summed E-state index contributed by atoms with van der Waals surface area (Å²) in [4.78, 5) is 0. The van der Waals surface area contributed by atoms with Gasteiger partial charge >= 0.3 is 0 Å². The third-order valence-electron chi connectivity index (χ3n) is 1.50. The van der Waals surface area contributed by atoms with Gasteiger partial charge in [0.15, 0.2) is 0 Å². The Balaban J connectivity index is 2.72. The molecule has 2 N–H and O–H groups in total. The summed E-state index contributed by atoms with van der Waals surface area (Å²) in [5, 5.41) is 11.9. The van der Waals surface area contributed by atoms with Gasteiger partial charge in [0.1, 0.15) is 11.8 Å². The van der Waals surface area contributed by atoms with Gasteiger partial charge < -0.3 is 5.84 Å². The number of hydrogen-bond donors (Lipinski definition) is 1. The standard InChI is InChI=1S/C9H9N3/c10-7-9(12-11)6-8-4-2-1-3-5-8/h1-5H,6,11H2. The maximum atomic E-state index is 8.53. The van der Waals surface area contributed by atoms with Gasteiger partial charge in [-0.15, -0.1) is 0 Å². The maximum absolute atomic E-state index is 8.53. The Morgan fingerprint density at radius 2 is 2.08 bits per heavy atom. The van der Waals surface area contributed by atoms with Crippen molar-refractivity contribution < 1.29 is 0 Å². The third kappa shape index (κ3) is 2.10. The molecular weight excluding hydrogens is 150 g/mol. The molecule has 12 heavy (non-hydrogen) atoms. The zero-order valence-corrected chi connectivity index (χ0v) is 6.57. The molecule has 3 nitrogen and oxygen atoms in total. The average molecular weight is 159 g/mol. The SMILES string of the molecule is N#CC(Cc1ccccc1)=NN. The molecule has 0 saturated carbocycles. The van der Waals surface area contributed by atoms with E-state index in [-0.39, 0.29) is 0 Å². The number of rotatable bonds is 2. The molecule has 0 atom stereocenters. The van der Waals surface area contributed by atoms with Crippen molar-refractivity contribution in [2.75, 3.05) is 0 Å². The Morgan fingerprint density at radius 3 is 2.58 bits per heavy atom. The summed E-state index contributed by atoms with van der Waals surface area (Å²) in [6.07, 6.45) is 0.508. The van der Waals surface area contributed by atoms with Crippen LogP contribution in [0.4, 0.5) is 0 Å². The molecule has 0 aliphatic rings. The van der Waals surface area contributed by atoms with Crippen LogP contribution in [0.1, 0.15) is 5.56 Å². The van der Waals surface area contributed by atoms with Gasteiger partial charge in [-0.1, -0.05) is 30.3 Å². The number of hydrogen-bond acceptors (Lipinski definition) is 3. The smallest absolute Gasteiger partial charge is 0.141 e. The summed E-state index contributed by atoms with van der Waals surface area (Å²) < 4.78 is 0. The van der Waals surface area contributed by atoms with Crippen LogP contribution in [0.2, 0.25) is 0 Å². The normalized spacial score (nSPS) is 10.8. The van der Waals surface area contributed by atoms with E-state index in [1.807, 2.05) is 36.4 Å². The molecule has 0 unspecified atom stereocenters. The number of nitriles is 1. The summed E-state index contributed by atoms with van der Waals surface area (Å²) in [5.41, 5.74) is 1.39. The van der Waals surface area contributed by atoms with E-state index < -0.39 is 0 Å². The minimum atomic E-state index is 0.348. The van der Waals surface area contributed by atoms with Gasteiger partial charge in [-0.05, 0) is 5.56 Å². The molecule has 1 aromatic rings. The zero-order valence-electron chi connectivity index (χ0n) is 6.57. The van der Waals surface area contributed by atoms with Crippen LogP contribution in [0.5, 0.6) is 0 Å². The van der Waals surface area contributed by atoms with E-state index in [0.717, 1.165) is 5.56 Å². The van der Waals surface area contributed by atoms with Crippen LogP contribution >= 0.6 is 0 Å². The van der Waals surface area contributed by atoms with E-state index in [2.05, 4.69) is 5.10 Å². The molecule has 0 radical (unpaired) electrons. The van der Waals surface area contributed by atoms with Gasteiger partial charge in [-0.3, -0.25) is 0 Å². The molecule has 1 rings (SSSR count). The topological polar surface area (TPSA) is 62.2 Å². The average Bonchev–Trinajstić information content (AvgIpc) is 2.16. The Labute approximate surface area is 71.1 Å². The first-order chi connectivity index (χ1) is 5.86. The lowest BCUT2D eigenvalue weighted by Gasteiger charge is -1.95. The van der Waals surface area contributed by atoms with Crippen molar-refractivity contribution in [2.24, 2.45) is 10.9 Å². The second-order valence-electron chi connectivity index (χ2n) is 2.35. The summed E-state index contributed by atoms with van der Waals surface area (Å²) in [5.74, 6) is 5.00. The Kier molecular flexibility index (Phi) is 2.86. The van der Waals surface area contributed by atoms with Crippen LogP contribution in [0.3, 0.4) is 0 Å². The quantitative estimate of drug-likeness (QED) is 0.398. The number of nitrogens with zero attached hydrogens (tertiary/aromatic N) is 2.